The minimum atomic E-state index is -3.52. The van der Waals surface area contributed by atoms with Crippen LogP contribution >= 0.6 is 0 Å². The number of phenolic OH excluding ortho intramolecular Hbond substituents is 1. The number of piperazine rings is 1. The molecule has 0 atom stereocenters. The molecule has 0 saturated carbocycles. The molecule has 0 aliphatic carbocycles. The minimum Gasteiger partial charge on any atom is -0.508 e. The summed E-state index contributed by atoms with van der Waals surface area (Å²) in [5.74, 6) is -0.635. The molecule has 1 aliphatic heterocycles. The van der Waals surface area contributed by atoms with Crippen molar-refractivity contribution in [1.29, 1.82) is 0 Å². The van der Waals surface area contributed by atoms with E-state index in [4.69, 9.17) is 0 Å². The predicted molar refractivity (Wildman–Crippen MR) is 84.4 cm³/mol. The van der Waals surface area contributed by atoms with Crippen molar-refractivity contribution < 1.29 is 18.3 Å². The molecule has 8 heteroatoms. The summed E-state index contributed by atoms with van der Waals surface area (Å²) in [6, 6.07) is 6.89. The second kappa shape index (κ2) is 6.53. The fourth-order valence-electron chi connectivity index (χ4n) is 2.25. The Morgan fingerprint density at radius 3 is 2.18 bits per heavy atom. The van der Waals surface area contributed by atoms with Crippen LogP contribution in [0.25, 0.3) is 0 Å². The summed E-state index contributed by atoms with van der Waals surface area (Å²) in [5.41, 5.74) is 0.978. The lowest BCUT2D eigenvalue weighted by molar-refractivity contribution is -0.128. The number of anilines is 1. The van der Waals surface area contributed by atoms with E-state index in [-0.39, 0.29) is 11.7 Å². The number of benzene rings is 1. The summed E-state index contributed by atoms with van der Waals surface area (Å²) >= 11 is 0. The molecule has 0 bridgehead atoms. The number of carbonyl (C=O) groups excluding carboxylic acids is 1. The van der Waals surface area contributed by atoms with Crippen LogP contribution in [0.15, 0.2) is 24.3 Å². The van der Waals surface area contributed by atoms with Crippen molar-refractivity contribution in [2.24, 2.45) is 0 Å². The third-order valence-corrected chi connectivity index (χ3v) is 5.43. The maximum atomic E-state index is 12.1. The molecule has 122 valence electrons. The lowest BCUT2D eigenvalue weighted by Crippen LogP contribution is -2.50. The SMILES string of the molecule is CN(C)S(=O)(=O)CC(=O)N1CCN(c2ccc(O)cc2)CC1. The molecule has 1 aromatic rings. The van der Waals surface area contributed by atoms with Gasteiger partial charge in [0.2, 0.25) is 15.9 Å². The van der Waals surface area contributed by atoms with E-state index in [1.807, 2.05) is 12.1 Å². The molecular formula is C14H21N3O4S. The monoisotopic (exact) mass is 327 g/mol. The molecule has 1 fully saturated rings. The van der Waals surface area contributed by atoms with Crippen LogP contribution in [0.3, 0.4) is 0 Å². The van der Waals surface area contributed by atoms with Crippen molar-refractivity contribution >= 4 is 21.6 Å². The number of amides is 1. The van der Waals surface area contributed by atoms with Crippen LogP contribution in [0.2, 0.25) is 0 Å². The summed E-state index contributed by atoms with van der Waals surface area (Å²) in [7, 11) is -0.672. The van der Waals surface area contributed by atoms with Crippen LogP contribution in [-0.2, 0) is 14.8 Å². The first-order chi connectivity index (χ1) is 10.3. The Bertz CT molecular complexity index is 620. The van der Waals surface area contributed by atoms with E-state index in [1.54, 1.807) is 17.0 Å². The van der Waals surface area contributed by atoms with E-state index in [1.165, 1.54) is 14.1 Å². The van der Waals surface area contributed by atoms with Crippen molar-refractivity contribution in [3.63, 3.8) is 0 Å². The van der Waals surface area contributed by atoms with Gasteiger partial charge in [0.15, 0.2) is 0 Å². The lowest BCUT2D eigenvalue weighted by atomic mass is 10.2. The molecule has 2 rings (SSSR count). The van der Waals surface area contributed by atoms with Crippen LogP contribution in [0.5, 0.6) is 5.75 Å². The third kappa shape index (κ3) is 3.89. The van der Waals surface area contributed by atoms with Crippen molar-refractivity contribution in [3.05, 3.63) is 24.3 Å². The molecule has 1 saturated heterocycles. The first kappa shape index (κ1) is 16.6. The number of sulfonamides is 1. The van der Waals surface area contributed by atoms with Gasteiger partial charge in [0, 0.05) is 46.0 Å². The molecule has 7 nitrogen and oxygen atoms in total. The topological polar surface area (TPSA) is 81.2 Å². The quantitative estimate of drug-likeness (QED) is 0.837. The molecule has 22 heavy (non-hydrogen) atoms. The van der Waals surface area contributed by atoms with Crippen molar-refractivity contribution in [2.75, 3.05) is 50.9 Å². The minimum absolute atomic E-state index is 0.214. The van der Waals surface area contributed by atoms with Gasteiger partial charge in [-0.05, 0) is 24.3 Å². The first-order valence-corrected chi connectivity index (χ1v) is 8.62. The maximum absolute atomic E-state index is 12.1. The molecule has 1 aromatic carbocycles. The normalized spacial score (nSPS) is 16.1. The highest BCUT2D eigenvalue weighted by Gasteiger charge is 2.26. The number of rotatable bonds is 4. The molecular weight excluding hydrogens is 306 g/mol. The summed E-state index contributed by atoms with van der Waals surface area (Å²) in [6.07, 6.45) is 0. The Morgan fingerprint density at radius 1 is 1.14 bits per heavy atom. The molecule has 0 aromatic heterocycles. The van der Waals surface area contributed by atoms with Crippen LogP contribution in [0.1, 0.15) is 0 Å². The van der Waals surface area contributed by atoms with Crippen molar-refractivity contribution in [1.82, 2.24) is 9.21 Å². The first-order valence-electron chi connectivity index (χ1n) is 7.01. The highest BCUT2D eigenvalue weighted by atomic mass is 32.2. The van der Waals surface area contributed by atoms with E-state index in [2.05, 4.69) is 4.90 Å². The zero-order valence-electron chi connectivity index (χ0n) is 12.8. The van der Waals surface area contributed by atoms with Gasteiger partial charge in [0.1, 0.15) is 11.5 Å². The van der Waals surface area contributed by atoms with E-state index >= 15 is 0 Å². The molecule has 0 spiro atoms. The van der Waals surface area contributed by atoms with Gasteiger partial charge < -0.3 is 14.9 Å². The summed E-state index contributed by atoms with van der Waals surface area (Å²) in [6.45, 7) is 2.25. The number of aromatic hydroxyl groups is 1. The van der Waals surface area contributed by atoms with Gasteiger partial charge >= 0.3 is 0 Å². The molecule has 1 N–H and O–H groups in total. The van der Waals surface area contributed by atoms with Crippen LogP contribution in [0, 0.1) is 0 Å². The van der Waals surface area contributed by atoms with Gasteiger partial charge in [-0.2, -0.15) is 0 Å². The van der Waals surface area contributed by atoms with Gasteiger partial charge in [-0.25, -0.2) is 12.7 Å². The zero-order valence-corrected chi connectivity index (χ0v) is 13.6. The van der Waals surface area contributed by atoms with Gasteiger partial charge in [-0.1, -0.05) is 0 Å². The van der Waals surface area contributed by atoms with E-state index < -0.39 is 15.8 Å². The van der Waals surface area contributed by atoms with E-state index in [0.29, 0.717) is 26.2 Å². The average molecular weight is 327 g/mol. The smallest absolute Gasteiger partial charge is 0.239 e. The highest BCUT2D eigenvalue weighted by Crippen LogP contribution is 2.19. The predicted octanol–water partition coefficient (Wildman–Crippen LogP) is -0.0678. The van der Waals surface area contributed by atoms with Crippen LogP contribution in [0.4, 0.5) is 5.69 Å². The number of carbonyl (C=O) groups is 1. The maximum Gasteiger partial charge on any atom is 0.239 e. The lowest BCUT2D eigenvalue weighted by Gasteiger charge is -2.36. The molecule has 1 heterocycles. The number of nitrogens with zero attached hydrogens (tertiary/aromatic N) is 3. The second-order valence-electron chi connectivity index (χ2n) is 5.42. The summed E-state index contributed by atoms with van der Waals surface area (Å²) in [4.78, 5) is 15.8. The van der Waals surface area contributed by atoms with Gasteiger partial charge in [0.25, 0.3) is 0 Å². The molecule has 1 aliphatic rings. The number of hydrogen-bond donors (Lipinski definition) is 1. The Balaban J connectivity index is 1.92. The van der Waals surface area contributed by atoms with Crippen LogP contribution < -0.4 is 4.90 Å². The summed E-state index contributed by atoms with van der Waals surface area (Å²) < 4.78 is 24.6. The molecule has 0 unspecified atom stereocenters. The van der Waals surface area contributed by atoms with Gasteiger partial charge in [0.05, 0.1) is 0 Å². The number of hydrogen-bond acceptors (Lipinski definition) is 5. The standard InChI is InChI=1S/C14H21N3O4S/c1-15(2)22(20,21)11-14(19)17-9-7-16(8-10-17)12-3-5-13(18)6-4-12/h3-6,18H,7-11H2,1-2H3. The van der Waals surface area contributed by atoms with Crippen molar-refractivity contribution in [2.45, 2.75) is 0 Å². The fourth-order valence-corrected chi connectivity index (χ4v) is 3.01. The summed E-state index contributed by atoms with van der Waals surface area (Å²) in [5, 5.41) is 9.29. The highest BCUT2D eigenvalue weighted by molar-refractivity contribution is 7.89. The number of phenols is 1. The Morgan fingerprint density at radius 2 is 1.68 bits per heavy atom. The Kier molecular flexibility index (Phi) is 4.92. The van der Waals surface area contributed by atoms with Crippen LogP contribution in [-0.4, -0.2) is 74.7 Å². The van der Waals surface area contributed by atoms with Gasteiger partial charge in [-0.15, -0.1) is 0 Å². The van der Waals surface area contributed by atoms with Crippen molar-refractivity contribution in [3.8, 4) is 5.75 Å². The fraction of sp³-hybridized carbons (Fsp3) is 0.500. The Labute approximate surface area is 130 Å². The average Bonchev–Trinajstić information content (AvgIpc) is 2.47. The molecule has 0 radical (unpaired) electrons. The Hall–Kier alpha value is -1.80. The van der Waals surface area contributed by atoms with E-state index in [9.17, 15) is 18.3 Å². The zero-order chi connectivity index (χ0) is 16.3. The van der Waals surface area contributed by atoms with Gasteiger partial charge in [-0.3, -0.25) is 4.79 Å². The largest absolute Gasteiger partial charge is 0.508 e. The third-order valence-electron chi connectivity index (χ3n) is 3.71. The molecule has 1 amide bonds. The van der Waals surface area contributed by atoms with E-state index in [0.717, 1.165) is 9.99 Å². The second-order valence-corrected chi connectivity index (χ2v) is 7.61.